The van der Waals surface area contributed by atoms with E-state index in [2.05, 4.69) is 15.2 Å². The zero-order valence-electron chi connectivity index (χ0n) is 10.5. The van der Waals surface area contributed by atoms with Gasteiger partial charge in [0.05, 0.1) is 0 Å². The summed E-state index contributed by atoms with van der Waals surface area (Å²) in [7, 11) is 0. The molecule has 1 aromatic rings. The first-order valence-electron chi connectivity index (χ1n) is 6.56. The molecule has 1 fully saturated rings. The molecule has 0 aromatic carbocycles. The Kier molecular flexibility index (Phi) is 4.12. The molecule has 17 heavy (non-hydrogen) atoms. The lowest BCUT2D eigenvalue weighted by Gasteiger charge is -2.25. The first kappa shape index (κ1) is 12.5. The summed E-state index contributed by atoms with van der Waals surface area (Å²) >= 11 is 0. The normalized spacial score (nSPS) is 18.7. The van der Waals surface area contributed by atoms with Crippen LogP contribution < -0.4 is 5.73 Å². The number of ether oxygens (including phenoxy) is 1. The van der Waals surface area contributed by atoms with Crippen molar-refractivity contribution in [3.8, 4) is 0 Å². The number of hydrogen-bond donors (Lipinski definition) is 2. The van der Waals surface area contributed by atoms with E-state index in [0.717, 1.165) is 37.3 Å². The van der Waals surface area contributed by atoms with Crippen molar-refractivity contribution < 1.29 is 4.74 Å². The summed E-state index contributed by atoms with van der Waals surface area (Å²) < 4.78 is 5.92. The zero-order chi connectivity index (χ0) is 12.1. The van der Waals surface area contributed by atoms with Crippen LogP contribution in [-0.2, 0) is 16.8 Å². The maximum Gasteiger partial charge on any atom is 0.182 e. The molecule has 1 saturated carbocycles. The summed E-state index contributed by atoms with van der Waals surface area (Å²) in [5.41, 5.74) is 5.26. The van der Waals surface area contributed by atoms with Crippen molar-refractivity contribution in [1.29, 1.82) is 0 Å². The van der Waals surface area contributed by atoms with E-state index < -0.39 is 0 Å². The molecule has 0 atom stereocenters. The van der Waals surface area contributed by atoms with E-state index in [4.69, 9.17) is 10.5 Å². The van der Waals surface area contributed by atoms with E-state index in [1.165, 1.54) is 12.8 Å². The monoisotopic (exact) mass is 238 g/mol. The number of aryl methyl sites for hydroxylation is 1. The standard InChI is InChI=1S/C12H22N4O/c1-2-17-12(7-3-4-8-12)11-14-10(15-16-11)6-5-9-13/h2-9,13H2,1H3,(H,14,15,16). The maximum atomic E-state index is 5.92. The third-order valence-electron chi connectivity index (χ3n) is 3.39. The molecular weight excluding hydrogens is 216 g/mol. The Morgan fingerprint density at radius 1 is 1.41 bits per heavy atom. The van der Waals surface area contributed by atoms with Crippen molar-refractivity contribution >= 4 is 0 Å². The predicted octanol–water partition coefficient (Wildman–Crippen LogP) is 1.50. The Morgan fingerprint density at radius 3 is 2.82 bits per heavy atom. The summed E-state index contributed by atoms with van der Waals surface area (Å²) in [6, 6.07) is 0. The van der Waals surface area contributed by atoms with Gasteiger partial charge in [0.15, 0.2) is 5.82 Å². The second-order valence-corrected chi connectivity index (χ2v) is 4.63. The number of aromatic amines is 1. The van der Waals surface area contributed by atoms with Gasteiger partial charge >= 0.3 is 0 Å². The van der Waals surface area contributed by atoms with E-state index in [9.17, 15) is 0 Å². The number of H-pyrrole nitrogens is 1. The molecule has 0 spiro atoms. The van der Waals surface area contributed by atoms with Gasteiger partial charge in [0.1, 0.15) is 11.4 Å². The van der Waals surface area contributed by atoms with Crippen LogP contribution in [0.1, 0.15) is 50.7 Å². The van der Waals surface area contributed by atoms with Gasteiger partial charge in [0, 0.05) is 13.0 Å². The third kappa shape index (κ3) is 2.66. The second-order valence-electron chi connectivity index (χ2n) is 4.63. The smallest absolute Gasteiger partial charge is 0.182 e. The summed E-state index contributed by atoms with van der Waals surface area (Å²) in [4.78, 5) is 4.57. The molecule has 0 unspecified atom stereocenters. The summed E-state index contributed by atoms with van der Waals surface area (Å²) in [5.74, 6) is 1.76. The van der Waals surface area contributed by atoms with E-state index in [1.807, 2.05) is 6.92 Å². The third-order valence-corrected chi connectivity index (χ3v) is 3.39. The Morgan fingerprint density at radius 2 is 2.18 bits per heavy atom. The molecule has 1 aliphatic carbocycles. The van der Waals surface area contributed by atoms with Gasteiger partial charge in [0.2, 0.25) is 0 Å². The van der Waals surface area contributed by atoms with Gasteiger partial charge < -0.3 is 10.5 Å². The molecule has 0 saturated heterocycles. The van der Waals surface area contributed by atoms with E-state index in [1.54, 1.807) is 0 Å². The molecule has 3 N–H and O–H groups in total. The minimum Gasteiger partial charge on any atom is -0.367 e. The Hall–Kier alpha value is -0.940. The van der Waals surface area contributed by atoms with Crippen LogP contribution in [0.2, 0.25) is 0 Å². The van der Waals surface area contributed by atoms with Crippen LogP contribution in [0, 0.1) is 0 Å². The molecule has 2 rings (SSSR count). The highest BCUT2D eigenvalue weighted by molar-refractivity contribution is 5.06. The number of aromatic nitrogens is 3. The van der Waals surface area contributed by atoms with E-state index in [-0.39, 0.29) is 5.60 Å². The number of rotatable bonds is 6. The van der Waals surface area contributed by atoms with Gasteiger partial charge in [-0.2, -0.15) is 5.10 Å². The van der Waals surface area contributed by atoms with E-state index >= 15 is 0 Å². The topological polar surface area (TPSA) is 76.8 Å². The predicted molar refractivity (Wildman–Crippen MR) is 65.5 cm³/mol. The SMILES string of the molecule is CCOC1(c2n[nH]c(CCCN)n2)CCCC1. The second kappa shape index (κ2) is 5.60. The van der Waals surface area contributed by atoms with Crippen LogP contribution in [0.4, 0.5) is 0 Å². The lowest BCUT2D eigenvalue weighted by atomic mass is 10.0. The lowest BCUT2D eigenvalue weighted by molar-refractivity contribution is -0.0454. The molecule has 0 amide bonds. The van der Waals surface area contributed by atoms with Crippen molar-refractivity contribution in [2.75, 3.05) is 13.2 Å². The van der Waals surface area contributed by atoms with Crippen molar-refractivity contribution in [2.24, 2.45) is 5.73 Å². The molecule has 1 aromatic heterocycles. The van der Waals surface area contributed by atoms with Gasteiger partial charge in [-0.25, -0.2) is 4.98 Å². The lowest BCUT2D eigenvalue weighted by Crippen LogP contribution is -2.27. The number of hydrogen-bond acceptors (Lipinski definition) is 4. The van der Waals surface area contributed by atoms with Crippen molar-refractivity contribution in [2.45, 2.75) is 51.0 Å². The van der Waals surface area contributed by atoms with Crippen molar-refractivity contribution in [1.82, 2.24) is 15.2 Å². The zero-order valence-corrected chi connectivity index (χ0v) is 10.5. The molecule has 0 radical (unpaired) electrons. The largest absolute Gasteiger partial charge is 0.367 e. The highest BCUT2D eigenvalue weighted by Gasteiger charge is 2.39. The molecule has 0 aliphatic heterocycles. The number of nitrogens with two attached hydrogens (primary N) is 1. The Balaban J connectivity index is 2.10. The first-order chi connectivity index (χ1) is 8.30. The molecule has 1 heterocycles. The highest BCUT2D eigenvalue weighted by Crippen LogP contribution is 2.40. The van der Waals surface area contributed by atoms with Crippen LogP contribution in [0.15, 0.2) is 0 Å². The molecule has 5 heteroatoms. The van der Waals surface area contributed by atoms with Crippen molar-refractivity contribution in [3.63, 3.8) is 0 Å². The molecular formula is C12H22N4O. The van der Waals surface area contributed by atoms with Crippen LogP contribution in [0.25, 0.3) is 0 Å². The van der Waals surface area contributed by atoms with Gasteiger partial charge in [-0.15, -0.1) is 0 Å². The Labute approximate surface area is 102 Å². The fourth-order valence-corrected chi connectivity index (χ4v) is 2.54. The summed E-state index contributed by atoms with van der Waals surface area (Å²) in [6.07, 6.45) is 6.28. The van der Waals surface area contributed by atoms with Crippen LogP contribution in [-0.4, -0.2) is 28.3 Å². The first-order valence-corrected chi connectivity index (χ1v) is 6.56. The minimum atomic E-state index is -0.230. The summed E-state index contributed by atoms with van der Waals surface area (Å²) in [5, 5.41) is 7.34. The van der Waals surface area contributed by atoms with Crippen LogP contribution >= 0.6 is 0 Å². The quantitative estimate of drug-likeness (QED) is 0.787. The fraction of sp³-hybridized carbons (Fsp3) is 0.833. The highest BCUT2D eigenvalue weighted by atomic mass is 16.5. The van der Waals surface area contributed by atoms with Gasteiger partial charge in [0.25, 0.3) is 0 Å². The molecule has 5 nitrogen and oxygen atoms in total. The average Bonchev–Trinajstić information content (AvgIpc) is 2.96. The van der Waals surface area contributed by atoms with Crippen molar-refractivity contribution in [3.05, 3.63) is 11.6 Å². The average molecular weight is 238 g/mol. The molecule has 1 aliphatic rings. The van der Waals surface area contributed by atoms with Gasteiger partial charge in [-0.05, 0) is 45.6 Å². The summed E-state index contributed by atoms with van der Waals surface area (Å²) in [6.45, 7) is 3.43. The number of nitrogens with one attached hydrogen (secondary N) is 1. The van der Waals surface area contributed by atoms with Gasteiger partial charge in [-0.1, -0.05) is 0 Å². The van der Waals surface area contributed by atoms with Gasteiger partial charge in [-0.3, -0.25) is 5.10 Å². The number of nitrogens with zero attached hydrogens (tertiary/aromatic N) is 2. The molecule has 0 bridgehead atoms. The van der Waals surface area contributed by atoms with Crippen LogP contribution in [0.3, 0.4) is 0 Å². The fourth-order valence-electron chi connectivity index (χ4n) is 2.54. The Bertz CT molecular complexity index is 344. The molecule has 96 valence electrons. The van der Waals surface area contributed by atoms with Crippen LogP contribution in [0.5, 0.6) is 0 Å². The maximum absolute atomic E-state index is 5.92. The minimum absolute atomic E-state index is 0.230. The van der Waals surface area contributed by atoms with E-state index in [0.29, 0.717) is 13.2 Å².